The number of hydrogen-bond acceptors (Lipinski definition) is 7. The Bertz CT molecular complexity index is 1180. The standard InChI is InChI=1S/C26H28N2O4S3/c1-3-32-25(31)22-18-7-4-5-8-19(18)34-23(22)27-21(29)9-6-14-28-24(30)20(35-26(28)33)15-17-12-10-16(2)11-13-17/h10-13,15H,3-9,14H2,1-2H3,(H,27,29)/b20-15+. The SMILES string of the molecule is CCOC(=O)c1c(NC(=O)CCCN2C(=O)/C(=C\c3ccc(C)cc3)SC2=S)sc2c1CCCC2. The van der Waals surface area contributed by atoms with Gasteiger partial charge >= 0.3 is 5.97 Å². The third-order valence-corrected chi connectivity index (χ3v) is 8.52. The molecule has 2 aliphatic rings. The van der Waals surface area contributed by atoms with Crippen molar-refractivity contribution in [3.05, 3.63) is 56.3 Å². The van der Waals surface area contributed by atoms with Crippen molar-refractivity contribution in [1.29, 1.82) is 0 Å². The van der Waals surface area contributed by atoms with E-state index >= 15 is 0 Å². The summed E-state index contributed by atoms with van der Waals surface area (Å²) in [4.78, 5) is 41.5. The molecule has 9 heteroatoms. The van der Waals surface area contributed by atoms with Gasteiger partial charge in [0.15, 0.2) is 0 Å². The Labute approximate surface area is 219 Å². The fourth-order valence-electron chi connectivity index (χ4n) is 4.17. The molecule has 6 nitrogen and oxygen atoms in total. The van der Waals surface area contributed by atoms with Crippen molar-refractivity contribution < 1.29 is 19.1 Å². The smallest absolute Gasteiger partial charge is 0.341 e. The van der Waals surface area contributed by atoms with Gasteiger partial charge in [-0.15, -0.1) is 11.3 Å². The summed E-state index contributed by atoms with van der Waals surface area (Å²) in [5.41, 5.74) is 3.64. The normalized spacial score (nSPS) is 16.5. The number of benzene rings is 1. The summed E-state index contributed by atoms with van der Waals surface area (Å²) < 4.78 is 5.76. The molecular formula is C26H28N2O4S3. The highest BCUT2D eigenvalue weighted by atomic mass is 32.2. The Morgan fingerprint density at radius 3 is 2.69 bits per heavy atom. The lowest BCUT2D eigenvalue weighted by molar-refractivity contribution is -0.122. The Morgan fingerprint density at radius 1 is 1.20 bits per heavy atom. The minimum atomic E-state index is -0.375. The first-order valence-corrected chi connectivity index (χ1v) is 13.8. The van der Waals surface area contributed by atoms with Gasteiger partial charge in [0.05, 0.1) is 17.1 Å². The van der Waals surface area contributed by atoms with E-state index in [0.29, 0.717) is 39.4 Å². The second kappa shape index (κ2) is 11.5. The summed E-state index contributed by atoms with van der Waals surface area (Å²) in [5, 5.41) is 3.50. The number of anilines is 1. The molecule has 35 heavy (non-hydrogen) atoms. The van der Waals surface area contributed by atoms with Gasteiger partial charge in [0.1, 0.15) is 9.32 Å². The fraction of sp³-hybridized carbons (Fsp3) is 0.385. The van der Waals surface area contributed by atoms with Gasteiger partial charge in [-0.25, -0.2) is 4.79 Å². The van der Waals surface area contributed by atoms with E-state index in [1.807, 2.05) is 37.3 Å². The number of fused-ring (bicyclic) bond motifs is 1. The van der Waals surface area contributed by atoms with Crippen molar-refractivity contribution in [1.82, 2.24) is 4.90 Å². The predicted molar refractivity (Wildman–Crippen MR) is 146 cm³/mol. The quantitative estimate of drug-likeness (QED) is 0.268. The molecule has 2 amide bonds. The highest BCUT2D eigenvalue weighted by Gasteiger charge is 2.32. The summed E-state index contributed by atoms with van der Waals surface area (Å²) in [6.45, 7) is 4.45. The van der Waals surface area contributed by atoms with Crippen LogP contribution in [0.15, 0.2) is 29.2 Å². The van der Waals surface area contributed by atoms with Crippen LogP contribution in [-0.4, -0.2) is 40.2 Å². The zero-order valence-corrected chi connectivity index (χ0v) is 22.3. The van der Waals surface area contributed by atoms with E-state index in [9.17, 15) is 14.4 Å². The largest absolute Gasteiger partial charge is 0.462 e. The minimum Gasteiger partial charge on any atom is -0.462 e. The number of rotatable bonds is 8. The van der Waals surface area contributed by atoms with Crippen LogP contribution < -0.4 is 5.32 Å². The third kappa shape index (κ3) is 6.02. The Hall–Kier alpha value is -2.49. The maximum atomic E-state index is 12.8. The van der Waals surface area contributed by atoms with Crippen molar-refractivity contribution in [3.8, 4) is 0 Å². The van der Waals surface area contributed by atoms with Gasteiger partial charge in [-0.3, -0.25) is 14.5 Å². The number of nitrogens with zero attached hydrogens (tertiary/aromatic N) is 1. The van der Waals surface area contributed by atoms with Gasteiger partial charge in [0.25, 0.3) is 5.91 Å². The lowest BCUT2D eigenvalue weighted by Crippen LogP contribution is -2.29. The average molecular weight is 529 g/mol. The molecule has 184 valence electrons. The molecule has 1 saturated heterocycles. The van der Waals surface area contributed by atoms with Gasteiger partial charge < -0.3 is 10.1 Å². The molecule has 0 atom stereocenters. The van der Waals surface area contributed by atoms with Crippen molar-refractivity contribution in [2.45, 2.75) is 52.4 Å². The number of nitrogens with one attached hydrogen (secondary N) is 1. The van der Waals surface area contributed by atoms with Crippen LogP contribution in [0.4, 0.5) is 5.00 Å². The number of thioether (sulfide) groups is 1. The topological polar surface area (TPSA) is 75.7 Å². The van der Waals surface area contributed by atoms with E-state index in [1.54, 1.807) is 11.8 Å². The van der Waals surface area contributed by atoms with E-state index < -0.39 is 0 Å². The van der Waals surface area contributed by atoms with Gasteiger partial charge in [0, 0.05) is 17.8 Å². The Balaban J connectivity index is 1.35. The van der Waals surface area contributed by atoms with Crippen LogP contribution in [0.2, 0.25) is 0 Å². The number of carbonyl (C=O) groups is 3. The van der Waals surface area contributed by atoms with Crippen LogP contribution in [0, 0.1) is 6.92 Å². The molecule has 1 aliphatic heterocycles. The zero-order valence-electron chi connectivity index (χ0n) is 19.8. The number of carbonyl (C=O) groups excluding carboxylic acids is 3. The molecule has 2 heterocycles. The zero-order chi connectivity index (χ0) is 24.9. The number of thiocarbonyl (C=S) groups is 1. The van der Waals surface area contributed by atoms with Crippen molar-refractivity contribution in [2.24, 2.45) is 0 Å². The van der Waals surface area contributed by atoms with Gasteiger partial charge in [-0.2, -0.15) is 0 Å². The van der Waals surface area contributed by atoms with Gasteiger partial charge in [0.2, 0.25) is 5.91 Å². The van der Waals surface area contributed by atoms with Crippen LogP contribution in [0.1, 0.15) is 64.5 Å². The number of thiophene rings is 1. The van der Waals surface area contributed by atoms with Crippen molar-refractivity contribution in [2.75, 3.05) is 18.5 Å². The van der Waals surface area contributed by atoms with E-state index in [2.05, 4.69) is 5.32 Å². The molecule has 4 rings (SSSR count). The first-order chi connectivity index (χ1) is 16.9. The van der Waals surface area contributed by atoms with E-state index in [4.69, 9.17) is 17.0 Å². The second-order valence-electron chi connectivity index (χ2n) is 8.53. The number of ether oxygens (including phenoxy) is 1. The molecule has 1 aromatic heterocycles. The average Bonchev–Trinajstić information content (AvgIpc) is 3.32. The molecular weight excluding hydrogens is 500 g/mol. The van der Waals surface area contributed by atoms with Crippen LogP contribution in [-0.2, 0) is 27.2 Å². The molecule has 0 saturated carbocycles. The molecule has 2 aromatic rings. The molecule has 0 radical (unpaired) electrons. The molecule has 0 spiro atoms. The Kier molecular flexibility index (Phi) is 8.41. The lowest BCUT2D eigenvalue weighted by Gasteiger charge is -2.14. The van der Waals surface area contributed by atoms with Crippen LogP contribution >= 0.6 is 35.3 Å². The minimum absolute atomic E-state index is 0.128. The number of esters is 1. The fourth-order valence-corrected chi connectivity index (χ4v) is 6.77. The van der Waals surface area contributed by atoms with E-state index in [1.165, 1.54) is 23.1 Å². The highest BCUT2D eigenvalue weighted by molar-refractivity contribution is 8.26. The molecule has 1 aliphatic carbocycles. The monoisotopic (exact) mass is 528 g/mol. The summed E-state index contributed by atoms with van der Waals surface area (Å²) in [6.07, 6.45) is 6.42. The summed E-state index contributed by atoms with van der Waals surface area (Å²) >= 11 is 8.18. The van der Waals surface area contributed by atoms with Gasteiger partial charge in [-0.1, -0.05) is 53.8 Å². The molecule has 1 fully saturated rings. The van der Waals surface area contributed by atoms with Crippen molar-refractivity contribution >= 4 is 68.5 Å². The van der Waals surface area contributed by atoms with Crippen LogP contribution in [0.25, 0.3) is 6.08 Å². The number of hydrogen-bond donors (Lipinski definition) is 1. The summed E-state index contributed by atoms with van der Waals surface area (Å²) in [6, 6.07) is 7.95. The summed E-state index contributed by atoms with van der Waals surface area (Å²) in [7, 11) is 0. The molecule has 0 unspecified atom stereocenters. The molecule has 0 bridgehead atoms. The third-order valence-electron chi connectivity index (χ3n) is 5.94. The number of amides is 2. The maximum absolute atomic E-state index is 12.8. The highest BCUT2D eigenvalue weighted by Crippen LogP contribution is 2.39. The summed E-state index contributed by atoms with van der Waals surface area (Å²) in [5.74, 6) is -0.688. The van der Waals surface area contributed by atoms with E-state index in [0.717, 1.165) is 47.3 Å². The predicted octanol–water partition coefficient (Wildman–Crippen LogP) is 5.73. The Morgan fingerprint density at radius 2 is 1.94 bits per heavy atom. The van der Waals surface area contributed by atoms with Gasteiger partial charge in [-0.05, 0) is 63.2 Å². The first-order valence-electron chi connectivity index (χ1n) is 11.8. The molecule has 1 aromatic carbocycles. The maximum Gasteiger partial charge on any atom is 0.341 e. The lowest BCUT2D eigenvalue weighted by atomic mass is 9.95. The van der Waals surface area contributed by atoms with Crippen LogP contribution in [0.5, 0.6) is 0 Å². The van der Waals surface area contributed by atoms with Crippen molar-refractivity contribution in [3.63, 3.8) is 0 Å². The number of aryl methyl sites for hydroxylation is 2. The first kappa shape index (κ1) is 25.6. The molecule has 1 N–H and O–H groups in total. The second-order valence-corrected chi connectivity index (χ2v) is 11.3. The van der Waals surface area contributed by atoms with Crippen LogP contribution in [0.3, 0.4) is 0 Å². The van der Waals surface area contributed by atoms with E-state index in [-0.39, 0.29) is 24.2 Å².